The van der Waals surface area contributed by atoms with Crippen molar-refractivity contribution in [3.05, 3.63) is 112 Å². The maximum atomic E-state index is 2.54. The summed E-state index contributed by atoms with van der Waals surface area (Å²) < 4.78 is 0. The van der Waals surface area contributed by atoms with Crippen LogP contribution in [0, 0.1) is 20.8 Å². The molecule has 0 spiro atoms. The molecule has 0 N–H and O–H groups in total. The quantitative estimate of drug-likeness (QED) is 0.469. The van der Waals surface area contributed by atoms with Gasteiger partial charge in [-0.3, -0.25) is 0 Å². The summed E-state index contributed by atoms with van der Waals surface area (Å²) in [6.07, 6.45) is 6.26. The molecule has 0 nitrogen and oxygen atoms in total. The number of rotatable bonds is 3. The Morgan fingerprint density at radius 1 is 0.852 bits per heavy atom. The normalized spacial score (nSPS) is 16.9. The molecule has 0 bridgehead atoms. The van der Waals surface area contributed by atoms with Crippen LogP contribution in [0.4, 0.5) is 0 Å². The molecule has 0 radical (unpaired) electrons. The van der Waals surface area contributed by atoms with Gasteiger partial charge in [-0.1, -0.05) is 78.4 Å². The van der Waals surface area contributed by atoms with Crippen LogP contribution in [0.25, 0.3) is 5.57 Å². The van der Waals surface area contributed by atoms with Gasteiger partial charge in [0.1, 0.15) is 0 Å². The van der Waals surface area contributed by atoms with Gasteiger partial charge in [0.25, 0.3) is 0 Å². The van der Waals surface area contributed by atoms with Crippen LogP contribution in [0.2, 0.25) is 0 Å². The van der Waals surface area contributed by atoms with Crippen LogP contribution >= 0.6 is 0 Å². The Hall–Kier alpha value is -2.60. The highest BCUT2D eigenvalue weighted by Gasteiger charge is 2.20. The molecule has 0 aromatic heterocycles. The Morgan fingerprint density at radius 3 is 2.26 bits per heavy atom. The van der Waals surface area contributed by atoms with E-state index in [0.717, 1.165) is 0 Å². The fraction of sp³-hybridized carbons (Fsp3) is 0.259. The van der Waals surface area contributed by atoms with Gasteiger partial charge >= 0.3 is 0 Å². The molecule has 27 heavy (non-hydrogen) atoms. The molecule has 1 aliphatic rings. The van der Waals surface area contributed by atoms with Gasteiger partial charge in [0.15, 0.2) is 0 Å². The van der Waals surface area contributed by atoms with Crippen molar-refractivity contribution in [2.24, 2.45) is 0 Å². The minimum Gasteiger partial charge on any atom is -0.0685 e. The van der Waals surface area contributed by atoms with E-state index in [1.165, 1.54) is 63.8 Å². The molecular formula is C27H28. The first-order valence-electron chi connectivity index (χ1n) is 10.1. The fourth-order valence-electron chi connectivity index (χ4n) is 4.71. The predicted molar refractivity (Wildman–Crippen MR) is 116 cm³/mol. The maximum Gasteiger partial charge on any atom is 0.00302 e. The zero-order valence-electron chi connectivity index (χ0n) is 16.6. The van der Waals surface area contributed by atoms with E-state index < -0.39 is 0 Å². The Labute approximate surface area is 163 Å². The van der Waals surface area contributed by atoms with Gasteiger partial charge in [0.05, 0.1) is 0 Å². The lowest BCUT2D eigenvalue weighted by Gasteiger charge is -2.25. The van der Waals surface area contributed by atoms with E-state index in [9.17, 15) is 0 Å². The monoisotopic (exact) mass is 352 g/mol. The number of allylic oxidation sites excluding steroid dienone is 1. The molecule has 1 unspecified atom stereocenters. The SMILES string of the molecule is Cc1cc(C)c(/C(=C/C2CCCc3ccccc32)c2ccccc2)c(C)c1. The Balaban J connectivity index is 1.90. The molecule has 0 saturated heterocycles. The van der Waals surface area contributed by atoms with E-state index in [4.69, 9.17) is 0 Å². The summed E-state index contributed by atoms with van der Waals surface area (Å²) in [5.41, 5.74) is 11.2. The first-order valence-corrected chi connectivity index (χ1v) is 10.1. The van der Waals surface area contributed by atoms with Crippen LogP contribution < -0.4 is 0 Å². The van der Waals surface area contributed by atoms with E-state index >= 15 is 0 Å². The van der Waals surface area contributed by atoms with Gasteiger partial charge in [-0.05, 0) is 79.0 Å². The average Bonchev–Trinajstić information content (AvgIpc) is 2.67. The zero-order chi connectivity index (χ0) is 18.8. The van der Waals surface area contributed by atoms with Gasteiger partial charge in [-0.15, -0.1) is 0 Å². The summed E-state index contributed by atoms with van der Waals surface area (Å²) in [5, 5.41) is 0. The first kappa shape index (κ1) is 17.8. The number of aryl methyl sites for hydroxylation is 4. The summed E-state index contributed by atoms with van der Waals surface area (Å²) in [6.45, 7) is 6.69. The van der Waals surface area contributed by atoms with Gasteiger partial charge in [0, 0.05) is 5.92 Å². The van der Waals surface area contributed by atoms with Crippen molar-refractivity contribution < 1.29 is 0 Å². The molecule has 1 aliphatic carbocycles. The van der Waals surface area contributed by atoms with Crippen LogP contribution in [0.15, 0.2) is 72.8 Å². The van der Waals surface area contributed by atoms with Gasteiger partial charge in [0.2, 0.25) is 0 Å². The molecule has 0 fully saturated rings. The van der Waals surface area contributed by atoms with Crippen LogP contribution in [0.3, 0.4) is 0 Å². The number of benzene rings is 3. The summed E-state index contributed by atoms with van der Waals surface area (Å²) in [5.74, 6) is 0.491. The van der Waals surface area contributed by atoms with E-state index in [2.05, 4.69) is 93.6 Å². The van der Waals surface area contributed by atoms with Crippen molar-refractivity contribution in [3.8, 4) is 0 Å². The number of fused-ring (bicyclic) bond motifs is 1. The van der Waals surface area contributed by atoms with Crippen LogP contribution in [0.1, 0.15) is 57.7 Å². The van der Waals surface area contributed by atoms with Crippen molar-refractivity contribution in [1.82, 2.24) is 0 Å². The van der Waals surface area contributed by atoms with Crippen molar-refractivity contribution >= 4 is 5.57 Å². The van der Waals surface area contributed by atoms with E-state index in [1.54, 1.807) is 0 Å². The number of hydrogen-bond donors (Lipinski definition) is 0. The third-order valence-corrected chi connectivity index (χ3v) is 5.81. The van der Waals surface area contributed by atoms with Crippen molar-refractivity contribution in [3.63, 3.8) is 0 Å². The van der Waals surface area contributed by atoms with Gasteiger partial charge < -0.3 is 0 Å². The highest BCUT2D eigenvalue weighted by atomic mass is 14.2. The lowest BCUT2D eigenvalue weighted by Crippen LogP contribution is -2.09. The number of hydrogen-bond acceptors (Lipinski definition) is 0. The molecule has 136 valence electrons. The lowest BCUT2D eigenvalue weighted by atomic mass is 9.79. The molecule has 4 rings (SSSR count). The van der Waals surface area contributed by atoms with Crippen molar-refractivity contribution in [2.45, 2.75) is 46.0 Å². The molecule has 3 aromatic rings. The average molecular weight is 353 g/mol. The standard InChI is InChI=1S/C27H28/c1-19-16-20(2)27(21(3)17-19)26(23-10-5-4-6-11-23)18-24-14-9-13-22-12-7-8-15-25(22)24/h4-8,10-12,15-18,24H,9,13-14H2,1-3H3/b26-18+. The molecule has 1 atom stereocenters. The topological polar surface area (TPSA) is 0 Å². The van der Waals surface area contributed by atoms with Crippen molar-refractivity contribution in [2.75, 3.05) is 0 Å². The second-order valence-electron chi connectivity index (χ2n) is 7.92. The molecule has 0 heterocycles. The Morgan fingerprint density at radius 2 is 1.52 bits per heavy atom. The zero-order valence-corrected chi connectivity index (χ0v) is 16.6. The largest absolute Gasteiger partial charge is 0.0685 e. The fourth-order valence-corrected chi connectivity index (χ4v) is 4.71. The second kappa shape index (κ2) is 7.56. The lowest BCUT2D eigenvalue weighted by molar-refractivity contribution is 0.630. The first-order chi connectivity index (χ1) is 13.1. The van der Waals surface area contributed by atoms with E-state index in [-0.39, 0.29) is 0 Å². The Bertz CT molecular complexity index is 953. The third-order valence-electron chi connectivity index (χ3n) is 5.81. The van der Waals surface area contributed by atoms with Crippen LogP contribution in [-0.4, -0.2) is 0 Å². The molecule has 0 amide bonds. The van der Waals surface area contributed by atoms with Gasteiger partial charge in [-0.2, -0.15) is 0 Å². The van der Waals surface area contributed by atoms with E-state index in [1.807, 2.05) is 0 Å². The molecular weight excluding hydrogens is 324 g/mol. The van der Waals surface area contributed by atoms with Gasteiger partial charge in [-0.25, -0.2) is 0 Å². The van der Waals surface area contributed by atoms with Crippen LogP contribution in [-0.2, 0) is 6.42 Å². The summed E-state index contributed by atoms with van der Waals surface area (Å²) in [7, 11) is 0. The summed E-state index contributed by atoms with van der Waals surface area (Å²) in [6, 6.07) is 24.5. The smallest absolute Gasteiger partial charge is 0.00302 e. The minimum atomic E-state index is 0.491. The summed E-state index contributed by atoms with van der Waals surface area (Å²) in [4.78, 5) is 0. The minimum absolute atomic E-state index is 0.491. The maximum absolute atomic E-state index is 2.54. The molecule has 3 aromatic carbocycles. The third kappa shape index (κ3) is 3.62. The summed E-state index contributed by atoms with van der Waals surface area (Å²) >= 11 is 0. The Kier molecular flexibility index (Phi) is 4.99. The molecule has 0 heteroatoms. The highest BCUT2D eigenvalue weighted by molar-refractivity contribution is 5.83. The predicted octanol–water partition coefficient (Wildman–Crippen LogP) is 7.16. The highest BCUT2D eigenvalue weighted by Crippen LogP contribution is 2.38. The molecule has 0 aliphatic heterocycles. The second-order valence-corrected chi connectivity index (χ2v) is 7.92. The molecule has 0 saturated carbocycles. The van der Waals surface area contributed by atoms with Crippen LogP contribution in [0.5, 0.6) is 0 Å². The van der Waals surface area contributed by atoms with E-state index in [0.29, 0.717) is 5.92 Å². The van der Waals surface area contributed by atoms with Crippen molar-refractivity contribution in [1.29, 1.82) is 0 Å².